The van der Waals surface area contributed by atoms with Gasteiger partial charge in [0.15, 0.2) is 34.6 Å². The standard InChI is InChI=1S/C39H58Cl2N9O11PSi/c1-11-56-62(53,57-12-2)39(23-51,19-29-45-46-47-49(29)24-54-17-18-63(8,9)10)55-22-28-30-31(60-38(6,7)59-30)34(58-28)50-33-26(20-42-50)32(43-35(41)44-33)48(36(52)61-37(3,4)5)21-25-15-13-14-16-27(25)40/h13-16,20,28,30-31,34,51H,11-12,17-19,21-24H2,1-10H3/t28-,30-,31-,34-,39?/m1/s1. The summed E-state index contributed by atoms with van der Waals surface area (Å²) >= 11 is 13.2. The van der Waals surface area contributed by atoms with Gasteiger partial charge in [0.2, 0.25) is 5.28 Å². The molecule has 348 valence electrons. The van der Waals surface area contributed by atoms with E-state index >= 15 is 0 Å². The largest absolute Gasteiger partial charge is 0.443 e. The Balaban J connectivity index is 1.34. The summed E-state index contributed by atoms with van der Waals surface area (Å²) in [6.07, 6.45) is -3.00. The Hall–Kier alpha value is -3.18. The Kier molecular flexibility index (Phi) is 15.4. The van der Waals surface area contributed by atoms with Crippen molar-refractivity contribution >= 4 is 61.8 Å². The van der Waals surface area contributed by atoms with E-state index < -0.39 is 69.6 Å². The van der Waals surface area contributed by atoms with E-state index in [9.17, 15) is 14.5 Å². The minimum Gasteiger partial charge on any atom is -0.443 e. The number of tetrazole rings is 1. The summed E-state index contributed by atoms with van der Waals surface area (Å²) in [6.45, 7) is 18.2. The third-order valence-corrected chi connectivity index (χ3v) is 14.9. The van der Waals surface area contributed by atoms with Gasteiger partial charge in [-0.25, -0.2) is 14.2 Å². The highest BCUT2D eigenvalue weighted by Crippen LogP contribution is 2.62. The van der Waals surface area contributed by atoms with Crippen LogP contribution in [0.3, 0.4) is 0 Å². The Morgan fingerprint density at radius 3 is 2.41 bits per heavy atom. The summed E-state index contributed by atoms with van der Waals surface area (Å²) in [7, 11) is -5.67. The maximum absolute atomic E-state index is 14.8. The van der Waals surface area contributed by atoms with Gasteiger partial charge in [0, 0.05) is 19.7 Å². The highest BCUT2D eigenvalue weighted by atomic mass is 35.5. The lowest BCUT2D eigenvalue weighted by Crippen LogP contribution is -2.45. The van der Waals surface area contributed by atoms with Gasteiger partial charge < -0.3 is 42.6 Å². The van der Waals surface area contributed by atoms with Crippen molar-refractivity contribution in [3.05, 3.63) is 52.2 Å². The van der Waals surface area contributed by atoms with E-state index in [4.69, 9.17) is 60.7 Å². The molecule has 0 spiro atoms. The average molecular weight is 959 g/mol. The second-order valence-electron chi connectivity index (χ2n) is 17.8. The molecule has 20 nitrogen and oxygen atoms in total. The summed E-state index contributed by atoms with van der Waals surface area (Å²) < 4.78 is 67.0. The number of nitrogens with zero attached hydrogens (tertiary/aromatic N) is 9. The fraction of sp³-hybridized carbons (Fsp3) is 0.667. The SMILES string of the molecule is CCOP(=O)(OCC)C(CO)(Cc1nnnn1COCC[Si](C)(C)C)OC[C@H]1O[C@@H](n2ncc3c(N(Cc4ccccc4Cl)C(=O)OC(C)(C)C)nc(Cl)nc32)[C@@H]2OC(C)(C)O[C@@H]21. The van der Waals surface area contributed by atoms with Crippen molar-refractivity contribution in [3.8, 4) is 0 Å². The third-order valence-electron chi connectivity index (χ3n) is 10.0. The number of carbonyl (C=O) groups is 1. The summed E-state index contributed by atoms with van der Waals surface area (Å²) in [4.78, 5) is 24.2. The van der Waals surface area contributed by atoms with E-state index in [0.717, 1.165) is 6.04 Å². The fourth-order valence-electron chi connectivity index (χ4n) is 7.10. The zero-order valence-corrected chi connectivity index (χ0v) is 40.7. The first-order valence-corrected chi connectivity index (χ1v) is 26.7. The molecule has 3 aromatic heterocycles. The fourth-order valence-corrected chi connectivity index (χ4v) is 10.2. The number of ether oxygens (including phenoxy) is 6. The van der Waals surface area contributed by atoms with Gasteiger partial charge in [-0.05, 0) is 88.2 Å². The number of halogens is 2. The minimum atomic E-state index is -4.30. The highest BCUT2D eigenvalue weighted by Gasteiger charge is 2.59. The molecule has 1 unspecified atom stereocenters. The van der Waals surface area contributed by atoms with Crippen LogP contribution in [0.4, 0.5) is 10.6 Å². The predicted octanol–water partition coefficient (Wildman–Crippen LogP) is 7.01. The van der Waals surface area contributed by atoms with Crippen LogP contribution in [0.15, 0.2) is 30.5 Å². The molecule has 5 atom stereocenters. The second kappa shape index (κ2) is 19.7. The van der Waals surface area contributed by atoms with Crippen molar-refractivity contribution in [1.82, 2.24) is 40.0 Å². The second-order valence-corrected chi connectivity index (χ2v) is 26.5. The first-order chi connectivity index (χ1) is 29.6. The smallest absolute Gasteiger partial charge is 0.416 e. The van der Waals surface area contributed by atoms with E-state index in [2.05, 4.69) is 50.2 Å². The quantitative estimate of drug-likeness (QED) is 0.0408. The Labute approximate surface area is 377 Å². The number of fused-ring (bicyclic) bond motifs is 2. The molecule has 2 aliphatic rings. The van der Waals surface area contributed by atoms with Crippen molar-refractivity contribution in [2.75, 3.05) is 37.9 Å². The number of hydrogen-bond acceptors (Lipinski definition) is 17. The van der Waals surface area contributed by atoms with Crippen molar-refractivity contribution in [3.63, 3.8) is 0 Å². The molecule has 1 aromatic carbocycles. The lowest BCUT2D eigenvalue weighted by Gasteiger charge is -2.37. The predicted molar refractivity (Wildman–Crippen MR) is 234 cm³/mol. The number of aliphatic hydroxyl groups is 1. The zero-order valence-electron chi connectivity index (χ0n) is 37.3. The first-order valence-electron chi connectivity index (χ1n) is 20.7. The maximum atomic E-state index is 14.8. The van der Waals surface area contributed by atoms with Crippen LogP contribution in [0.2, 0.25) is 36.0 Å². The van der Waals surface area contributed by atoms with Gasteiger partial charge >= 0.3 is 13.7 Å². The number of hydrogen-bond donors (Lipinski definition) is 1. The van der Waals surface area contributed by atoms with Crippen molar-refractivity contribution in [2.45, 2.75) is 135 Å². The topological polar surface area (TPSA) is 219 Å². The zero-order chi connectivity index (χ0) is 46.0. The van der Waals surface area contributed by atoms with Crippen LogP contribution in [0, 0.1) is 0 Å². The molecule has 0 bridgehead atoms. The van der Waals surface area contributed by atoms with Crippen LogP contribution in [0.1, 0.15) is 66.1 Å². The molecule has 24 heteroatoms. The van der Waals surface area contributed by atoms with E-state index in [1.165, 1.54) is 20.5 Å². The van der Waals surface area contributed by atoms with Crippen molar-refractivity contribution in [2.24, 2.45) is 0 Å². The highest BCUT2D eigenvalue weighted by molar-refractivity contribution is 7.55. The van der Waals surface area contributed by atoms with Gasteiger partial charge in [0.05, 0.1) is 51.0 Å². The molecule has 0 radical (unpaired) electrons. The molecule has 1 amide bonds. The molecule has 2 fully saturated rings. The van der Waals surface area contributed by atoms with E-state index in [1.54, 1.807) is 72.7 Å². The molecule has 63 heavy (non-hydrogen) atoms. The van der Waals surface area contributed by atoms with Crippen LogP contribution < -0.4 is 4.90 Å². The number of amides is 1. The molecule has 5 heterocycles. The van der Waals surface area contributed by atoms with E-state index in [-0.39, 0.29) is 62.1 Å². The minimum absolute atomic E-state index is 0.0158. The van der Waals surface area contributed by atoms with Gasteiger partial charge in [-0.15, -0.1) is 5.10 Å². The van der Waals surface area contributed by atoms with Crippen LogP contribution in [-0.2, 0) is 61.7 Å². The van der Waals surface area contributed by atoms with E-state index in [1.807, 2.05) is 0 Å². The van der Waals surface area contributed by atoms with Crippen LogP contribution in [0.25, 0.3) is 11.0 Å². The Morgan fingerprint density at radius 1 is 1.06 bits per heavy atom. The van der Waals surface area contributed by atoms with Crippen LogP contribution >= 0.6 is 30.8 Å². The summed E-state index contributed by atoms with van der Waals surface area (Å²) in [5, 5.41) is 26.5. The molecular weight excluding hydrogens is 900 g/mol. The molecule has 2 aliphatic heterocycles. The number of rotatable bonds is 20. The molecular formula is C39H58Cl2N9O11PSi. The lowest BCUT2D eigenvalue weighted by atomic mass is 10.1. The summed E-state index contributed by atoms with van der Waals surface area (Å²) in [6, 6.07) is 8.02. The van der Waals surface area contributed by atoms with Crippen LogP contribution in [-0.4, -0.2) is 127 Å². The normalized spacial score (nSPS) is 21.2. The molecule has 2 saturated heterocycles. The van der Waals surface area contributed by atoms with E-state index in [0.29, 0.717) is 22.6 Å². The van der Waals surface area contributed by atoms with Gasteiger partial charge in [-0.1, -0.05) is 49.4 Å². The van der Waals surface area contributed by atoms with Crippen molar-refractivity contribution in [1.29, 1.82) is 0 Å². The Bertz CT molecular complexity index is 2250. The number of benzene rings is 1. The molecule has 0 aliphatic carbocycles. The van der Waals surface area contributed by atoms with Gasteiger partial charge in [-0.3, -0.25) is 9.46 Å². The van der Waals surface area contributed by atoms with Crippen molar-refractivity contribution < 1.29 is 51.9 Å². The molecule has 6 rings (SSSR count). The average Bonchev–Trinajstić information content (AvgIpc) is 3.96. The molecule has 1 N–H and O–H groups in total. The summed E-state index contributed by atoms with van der Waals surface area (Å²) in [5.41, 5.74) is -0.0183. The molecule has 4 aromatic rings. The number of carbonyl (C=O) groups excluding carboxylic acids is 1. The number of aromatic nitrogens is 8. The lowest BCUT2D eigenvalue weighted by molar-refractivity contribution is -0.207. The summed E-state index contributed by atoms with van der Waals surface area (Å²) in [5.74, 6) is -0.759. The van der Waals surface area contributed by atoms with Gasteiger partial charge in [0.1, 0.15) is 30.6 Å². The monoisotopic (exact) mass is 957 g/mol. The van der Waals surface area contributed by atoms with Gasteiger partial charge in [-0.2, -0.15) is 15.1 Å². The Morgan fingerprint density at radius 2 is 1.76 bits per heavy atom. The first kappa shape index (κ1) is 49.3. The molecule has 0 saturated carbocycles. The maximum Gasteiger partial charge on any atom is 0.416 e. The number of anilines is 1. The van der Waals surface area contributed by atoms with Gasteiger partial charge in [0.25, 0.3) is 0 Å². The number of aliphatic hydroxyl groups excluding tert-OH is 1. The third kappa shape index (κ3) is 11.4. The van der Waals surface area contributed by atoms with Crippen LogP contribution in [0.5, 0.6) is 0 Å².